The van der Waals surface area contributed by atoms with E-state index in [2.05, 4.69) is 4.74 Å². The van der Waals surface area contributed by atoms with E-state index < -0.39 is 34.6 Å². The summed E-state index contributed by atoms with van der Waals surface area (Å²) in [4.78, 5) is 11.1. The second-order valence-electron chi connectivity index (χ2n) is 4.10. The number of hydrogen-bond acceptors (Lipinski definition) is 4. The van der Waals surface area contributed by atoms with Crippen molar-refractivity contribution in [3.63, 3.8) is 0 Å². The number of carbonyl (C=O) groups excluding carboxylic acids is 1. The fourth-order valence-electron chi connectivity index (χ4n) is 1.54. The lowest BCUT2D eigenvalue weighted by atomic mass is 10.1. The molecule has 1 aromatic carbocycles. The van der Waals surface area contributed by atoms with Gasteiger partial charge in [-0.2, -0.15) is 17.5 Å². The number of hydrogen-bond donors (Lipinski definition) is 0. The number of carbonyl (C=O) groups is 1. The van der Waals surface area contributed by atoms with Gasteiger partial charge >= 0.3 is 21.5 Å². The van der Waals surface area contributed by atoms with Crippen LogP contribution in [0.3, 0.4) is 0 Å². The number of ether oxygens (including phenoxy) is 1. The van der Waals surface area contributed by atoms with Crippen LogP contribution < -0.4 is 0 Å². The zero-order chi connectivity index (χ0) is 16.1. The third-order valence-corrected chi connectivity index (χ3v) is 4.23. The Morgan fingerprint density at radius 2 is 1.81 bits per heavy atom. The molecular weight excluding hydrogens is 311 g/mol. The third kappa shape index (κ3) is 4.71. The third-order valence-electron chi connectivity index (χ3n) is 2.66. The average Bonchev–Trinajstić information content (AvgIpc) is 2.42. The molecule has 9 heteroatoms. The van der Waals surface area contributed by atoms with Gasteiger partial charge in [0.25, 0.3) is 0 Å². The Bertz CT molecular complexity index is 572. The molecule has 0 heterocycles. The first-order chi connectivity index (χ1) is 9.68. The maximum absolute atomic E-state index is 12.6. The standard InChI is InChI=1S/C12H14F3NO4S/c1-20-11(17)9-16(21(18,19)12(13,14)15)8-7-10-5-3-2-4-6-10/h2-6H,7-9H2,1H3. The Labute approximate surface area is 120 Å². The van der Waals surface area contributed by atoms with Gasteiger partial charge in [0.15, 0.2) is 0 Å². The molecule has 0 aromatic heterocycles. The lowest BCUT2D eigenvalue weighted by Crippen LogP contribution is -2.44. The van der Waals surface area contributed by atoms with Crippen molar-refractivity contribution in [2.24, 2.45) is 0 Å². The molecule has 0 saturated heterocycles. The van der Waals surface area contributed by atoms with E-state index in [1.54, 1.807) is 30.3 Å². The highest BCUT2D eigenvalue weighted by molar-refractivity contribution is 7.90. The van der Waals surface area contributed by atoms with Crippen LogP contribution in [0.2, 0.25) is 0 Å². The maximum Gasteiger partial charge on any atom is 0.511 e. The molecule has 0 N–H and O–H groups in total. The number of alkyl halides is 3. The Kier molecular flexibility index (Phi) is 5.73. The van der Waals surface area contributed by atoms with E-state index in [1.807, 2.05) is 0 Å². The maximum atomic E-state index is 12.6. The molecule has 0 atom stereocenters. The number of nitrogens with zero attached hydrogens (tertiary/aromatic N) is 1. The van der Waals surface area contributed by atoms with E-state index in [0.29, 0.717) is 5.56 Å². The van der Waals surface area contributed by atoms with Crippen LogP contribution in [0.25, 0.3) is 0 Å². The lowest BCUT2D eigenvalue weighted by Gasteiger charge is -2.22. The second kappa shape index (κ2) is 6.90. The van der Waals surface area contributed by atoms with Gasteiger partial charge in [-0.15, -0.1) is 0 Å². The van der Waals surface area contributed by atoms with Gasteiger partial charge in [0.05, 0.1) is 7.11 Å². The van der Waals surface area contributed by atoms with Crippen molar-refractivity contribution in [3.8, 4) is 0 Å². The minimum atomic E-state index is -5.58. The Morgan fingerprint density at radius 3 is 2.29 bits per heavy atom. The summed E-state index contributed by atoms with van der Waals surface area (Å²) < 4.78 is 64.9. The van der Waals surface area contributed by atoms with E-state index in [4.69, 9.17) is 0 Å². The number of benzene rings is 1. The summed E-state index contributed by atoms with van der Waals surface area (Å²) in [7, 11) is -4.61. The van der Waals surface area contributed by atoms with Crippen molar-refractivity contribution in [2.75, 3.05) is 20.2 Å². The molecule has 0 radical (unpaired) electrons. The van der Waals surface area contributed by atoms with E-state index >= 15 is 0 Å². The summed E-state index contributed by atoms with van der Waals surface area (Å²) in [6.45, 7) is -1.45. The van der Waals surface area contributed by atoms with Gasteiger partial charge in [-0.3, -0.25) is 4.79 Å². The summed E-state index contributed by atoms with van der Waals surface area (Å²) in [5.41, 5.74) is -4.80. The molecule has 0 saturated carbocycles. The van der Waals surface area contributed by atoms with Crippen LogP contribution in [0, 0.1) is 0 Å². The summed E-state index contributed by atoms with van der Waals surface area (Å²) in [6.07, 6.45) is 0.0488. The van der Waals surface area contributed by atoms with Crippen LogP contribution in [-0.4, -0.2) is 44.4 Å². The van der Waals surface area contributed by atoms with Crippen molar-refractivity contribution in [1.29, 1.82) is 0 Å². The van der Waals surface area contributed by atoms with Crippen LogP contribution >= 0.6 is 0 Å². The number of halogens is 3. The van der Waals surface area contributed by atoms with E-state index in [0.717, 1.165) is 7.11 Å². The quantitative estimate of drug-likeness (QED) is 0.745. The Morgan fingerprint density at radius 1 is 1.24 bits per heavy atom. The Balaban J connectivity index is 2.90. The lowest BCUT2D eigenvalue weighted by molar-refractivity contribution is -0.141. The first kappa shape index (κ1) is 17.4. The van der Waals surface area contributed by atoms with Crippen LogP contribution in [0.15, 0.2) is 30.3 Å². The van der Waals surface area contributed by atoms with Crippen LogP contribution in [0.4, 0.5) is 13.2 Å². The minimum Gasteiger partial charge on any atom is -0.468 e. The average molecular weight is 325 g/mol. The van der Waals surface area contributed by atoms with Gasteiger partial charge in [0.2, 0.25) is 0 Å². The molecular formula is C12H14F3NO4S. The number of esters is 1. The monoisotopic (exact) mass is 325 g/mol. The molecule has 0 bridgehead atoms. The molecule has 0 spiro atoms. The fraction of sp³-hybridized carbons (Fsp3) is 0.417. The molecule has 0 fully saturated rings. The number of rotatable bonds is 6. The molecule has 0 aliphatic heterocycles. The van der Waals surface area contributed by atoms with Gasteiger partial charge in [-0.25, -0.2) is 8.42 Å². The van der Waals surface area contributed by atoms with Crippen LogP contribution in [0.1, 0.15) is 5.56 Å². The molecule has 1 aromatic rings. The normalized spacial score (nSPS) is 12.4. The molecule has 0 aliphatic carbocycles. The van der Waals surface area contributed by atoms with Crippen molar-refractivity contribution in [1.82, 2.24) is 4.31 Å². The summed E-state index contributed by atoms with van der Waals surface area (Å²) >= 11 is 0. The zero-order valence-electron chi connectivity index (χ0n) is 11.1. The molecule has 1 rings (SSSR count). The summed E-state index contributed by atoms with van der Waals surface area (Å²) in [6, 6.07) is 8.38. The van der Waals surface area contributed by atoms with E-state index in [9.17, 15) is 26.4 Å². The Hall–Kier alpha value is -1.61. The predicted molar refractivity (Wildman–Crippen MR) is 68.7 cm³/mol. The van der Waals surface area contributed by atoms with Crippen molar-refractivity contribution in [3.05, 3.63) is 35.9 Å². The predicted octanol–water partition coefficient (Wildman–Crippen LogP) is 1.55. The molecule has 0 amide bonds. The smallest absolute Gasteiger partial charge is 0.468 e. The molecule has 21 heavy (non-hydrogen) atoms. The van der Waals surface area contributed by atoms with Crippen molar-refractivity contribution in [2.45, 2.75) is 11.9 Å². The first-order valence-electron chi connectivity index (χ1n) is 5.85. The molecule has 118 valence electrons. The highest BCUT2D eigenvalue weighted by atomic mass is 32.2. The van der Waals surface area contributed by atoms with Gasteiger partial charge in [-0.05, 0) is 12.0 Å². The van der Waals surface area contributed by atoms with Gasteiger partial charge in [-0.1, -0.05) is 30.3 Å². The van der Waals surface area contributed by atoms with Crippen LogP contribution in [-0.2, 0) is 26.0 Å². The van der Waals surface area contributed by atoms with Crippen molar-refractivity contribution < 1.29 is 31.1 Å². The molecule has 0 aliphatic rings. The van der Waals surface area contributed by atoms with Gasteiger partial charge < -0.3 is 4.74 Å². The molecule has 0 unspecified atom stereocenters. The largest absolute Gasteiger partial charge is 0.511 e. The SMILES string of the molecule is COC(=O)CN(CCc1ccccc1)S(=O)(=O)C(F)(F)F. The van der Waals surface area contributed by atoms with Crippen LogP contribution in [0.5, 0.6) is 0 Å². The highest BCUT2D eigenvalue weighted by Crippen LogP contribution is 2.26. The van der Waals surface area contributed by atoms with Crippen molar-refractivity contribution >= 4 is 16.0 Å². The van der Waals surface area contributed by atoms with Gasteiger partial charge in [0.1, 0.15) is 6.54 Å². The van der Waals surface area contributed by atoms with E-state index in [-0.39, 0.29) is 10.7 Å². The number of sulfonamides is 1. The first-order valence-corrected chi connectivity index (χ1v) is 7.29. The summed E-state index contributed by atoms with van der Waals surface area (Å²) in [5.74, 6) is -1.06. The number of methoxy groups -OCH3 is 1. The zero-order valence-corrected chi connectivity index (χ0v) is 11.9. The topological polar surface area (TPSA) is 63.7 Å². The summed E-state index contributed by atoms with van der Waals surface area (Å²) in [5, 5.41) is 0. The van der Waals surface area contributed by atoms with Gasteiger partial charge in [0, 0.05) is 6.54 Å². The second-order valence-corrected chi connectivity index (χ2v) is 6.03. The van der Waals surface area contributed by atoms with E-state index in [1.165, 1.54) is 0 Å². The molecule has 5 nitrogen and oxygen atoms in total. The fourth-order valence-corrected chi connectivity index (χ4v) is 2.44. The highest BCUT2D eigenvalue weighted by Gasteiger charge is 2.50. The minimum absolute atomic E-state index is 0.0488.